The highest BCUT2D eigenvalue weighted by molar-refractivity contribution is 7.89. The van der Waals surface area contributed by atoms with Crippen LogP contribution in [0.1, 0.15) is 24.1 Å². The lowest BCUT2D eigenvalue weighted by molar-refractivity contribution is -0.115. The predicted molar refractivity (Wildman–Crippen MR) is 103 cm³/mol. The Labute approximate surface area is 163 Å². The molecule has 0 unspecified atom stereocenters. The van der Waals surface area contributed by atoms with Gasteiger partial charge in [-0.1, -0.05) is 12.1 Å². The Morgan fingerprint density at radius 1 is 1.11 bits per heavy atom. The Morgan fingerprint density at radius 2 is 1.79 bits per heavy atom. The zero-order valence-electron chi connectivity index (χ0n) is 16.1. The summed E-state index contributed by atoms with van der Waals surface area (Å²) in [4.78, 5) is 12.3. The molecule has 0 bridgehead atoms. The first-order valence-corrected chi connectivity index (χ1v) is 9.97. The number of nitrogens with zero attached hydrogens (tertiary/aromatic N) is 1. The van der Waals surface area contributed by atoms with Gasteiger partial charge in [-0.3, -0.25) is 4.79 Å². The maximum Gasteiger partial charge on any atom is 0.242 e. The van der Waals surface area contributed by atoms with Crippen LogP contribution in [-0.2, 0) is 14.8 Å². The Hall–Kier alpha value is -2.36. The Balaban J connectivity index is 2.05. The van der Waals surface area contributed by atoms with Crippen LogP contribution in [0.25, 0.3) is 0 Å². The van der Waals surface area contributed by atoms with Crippen molar-refractivity contribution in [3.8, 4) is 0 Å². The molecule has 2 rings (SSSR count). The first kappa shape index (κ1) is 21.9. The van der Waals surface area contributed by atoms with Crippen LogP contribution in [0.15, 0.2) is 41.3 Å². The Morgan fingerprint density at radius 3 is 2.39 bits per heavy atom. The summed E-state index contributed by atoms with van der Waals surface area (Å²) in [5, 5.41) is 5.59. The molecular formula is C19H23F2N3O3S. The fraction of sp³-hybridized carbons (Fsp3) is 0.316. The first-order chi connectivity index (χ1) is 13.0. The molecule has 6 nitrogen and oxygen atoms in total. The smallest absolute Gasteiger partial charge is 0.242 e. The van der Waals surface area contributed by atoms with Gasteiger partial charge in [0.1, 0.15) is 0 Å². The number of halogens is 2. The Kier molecular flexibility index (Phi) is 6.87. The lowest BCUT2D eigenvalue weighted by Gasteiger charge is -2.16. The molecule has 0 radical (unpaired) electrons. The van der Waals surface area contributed by atoms with E-state index in [0.717, 1.165) is 16.4 Å². The van der Waals surface area contributed by atoms with E-state index in [2.05, 4.69) is 10.6 Å². The minimum Gasteiger partial charge on any atom is -0.325 e. The minimum atomic E-state index is -3.62. The molecule has 0 saturated carbocycles. The van der Waals surface area contributed by atoms with Gasteiger partial charge in [0, 0.05) is 25.8 Å². The second-order valence-corrected chi connectivity index (χ2v) is 8.74. The van der Waals surface area contributed by atoms with Crippen molar-refractivity contribution in [1.29, 1.82) is 0 Å². The number of nitrogens with one attached hydrogen (secondary N) is 2. The van der Waals surface area contributed by atoms with Gasteiger partial charge in [-0.05, 0) is 49.2 Å². The summed E-state index contributed by atoms with van der Waals surface area (Å²) in [5.41, 5.74) is 1.59. The maximum atomic E-state index is 13.3. The van der Waals surface area contributed by atoms with Gasteiger partial charge >= 0.3 is 0 Å². The average molecular weight is 411 g/mol. The average Bonchev–Trinajstić information content (AvgIpc) is 2.63. The SMILES string of the molecule is Cc1ccc(S(=O)(=O)N(C)C)cc1NC(=O)CN[C@@H](C)c1ccc(F)c(F)c1. The van der Waals surface area contributed by atoms with Gasteiger partial charge in [0.2, 0.25) is 15.9 Å². The van der Waals surface area contributed by atoms with Gasteiger partial charge in [0.15, 0.2) is 11.6 Å². The van der Waals surface area contributed by atoms with Crippen LogP contribution < -0.4 is 10.6 Å². The van der Waals surface area contributed by atoms with Crippen LogP contribution in [0.3, 0.4) is 0 Å². The lowest BCUT2D eigenvalue weighted by atomic mass is 10.1. The molecule has 0 heterocycles. The quantitative estimate of drug-likeness (QED) is 0.735. The third-order valence-corrected chi connectivity index (χ3v) is 6.09. The molecule has 2 aromatic rings. The molecule has 1 atom stereocenters. The molecule has 0 aliphatic rings. The number of hydrogen-bond donors (Lipinski definition) is 2. The zero-order chi connectivity index (χ0) is 21.1. The second-order valence-electron chi connectivity index (χ2n) is 6.59. The van der Waals surface area contributed by atoms with E-state index in [4.69, 9.17) is 0 Å². The monoisotopic (exact) mass is 411 g/mol. The molecule has 152 valence electrons. The van der Waals surface area contributed by atoms with Gasteiger partial charge in [0.05, 0.1) is 11.4 Å². The van der Waals surface area contributed by atoms with E-state index in [1.54, 1.807) is 19.9 Å². The van der Waals surface area contributed by atoms with Crippen molar-refractivity contribution in [2.45, 2.75) is 24.8 Å². The van der Waals surface area contributed by atoms with Crippen LogP contribution in [0, 0.1) is 18.6 Å². The standard InChI is InChI=1S/C19H23F2N3O3S/c1-12-5-7-15(28(26,27)24(3)4)10-18(12)23-19(25)11-22-13(2)14-6-8-16(20)17(21)9-14/h5-10,13,22H,11H2,1-4H3,(H,23,25)/t13-/m0/s1. The molecule has 0 spiro atoms. The fourth-order valence-corrected chi connectivity index (χ4v) is 3.38. The van der Waals surface area contributed by atoms with E-state index in [9.17, 15) is 22.0 Å². The molecule has 28 heavy (non-hydrogen) atoms. The molecule has 0 aromatic heterocycles. The number of aryl methyl sites for hydroxylation is 1. The van der Waals surface area contributed by atoms with Crippen molar-refractivity contribution in [1.82, 2.24) is 9.62 Å². The second kappa shape index (κ2) is 8.76. The van der Waals surface area contributed by atoms with Gasteiger partial charge in [-0.15, -0.1) is 0 Å². The molecule has 0 aliphatic heterocycles. The predicted octanol–water partition coefficient (Wildman–Crippen LogP) is 2.81. The number of amides is 1. The molecule has 2 N–H and O–H groups in total. The number of anilines is 1. The maximum absolute atomic E-state index is 13.3. The van der Waals surface area contributed by atoms with Crippen molar-refractivity contribution in [2.75, 3.05) is 26.0 Å². The van der Waals surface area contributed by atoms with E-state index in [-0.39, 0.29) is 17.5 Å². The van der Waals surface area contributed by atoms with Crippen molar-refractivity contribution < 1.29 is 22.0 Å². The number of benzene rings is 2. The molecule has 0 fully saturated rings. The molecule has 2 aromatic carbocycles. The van der Waals surface area contributed by atoms with Gasteiger partial charge in [-0.25, -0.2) is 21.5 Å². The van der Waals surface area contributed by atoms with Crippen LogP contribution >= 0.6 is 0 Å². The fourth-order valence-electron chi connectivity index (χ4n) is 2.45. The summed E-state index contributed by atoms with van der Waals surface area (Å²) in [7, 11) is -0.766. The molecule has 9 heteroatoms. The summed E-state index contributed by atoms with van der Waals surface area (Å²) >= 11 is 0. The van der Waals surface area contributed by atoms with Crippen LogP contribution in [0.4, 0.5) is 14.5 Å². The van der Waals surface area contributed by atoms with E-state index in [1.807, 2.05) is 0 Å². The lowest BCUT2D eigenvalue weighted by Crippen LogP contribution is -2.30. The highest BCUT2D eigenvalue weighted by Crippen LogP contribution is 2.22. The number of hydrogen-bond acceptors (Lipinski definition) is 4. The topological polar surface area (TPSA) is 78.5 Å². The van der Waals surface area contributed by atoms with Crippen molar-refractivity contribution in [2.24, 2.45) is 0 Å². The van der Waals surface area contributed by atoms with E-state index < -0.39 is 27.6 Å². The highest BCUT2D eigenvalue weighted by atomic mass is 32.2. The van der Waals surface area contributed by atoms with Crippen molar-refractivity contribution in [3.63, 3.8) is 0 Å². The largest absolute Gasteiger partial charge is 0.325 e. The van der Waals surface area contributed by atoms with Gasteiger partial charge in [-0.2, -0.15) is 0 Å². The van der Waals surface area contributed by atoms with Gasteiger partial charge < -0.3 is 10.6 Å². The first-order valence-electron chi connectivity index (χ1n) is 8.53. The third-order valence-electron chi connectivity index (χ3n) is 4.27. The van der Waals surface area contributed by atoms with Crippen molar-refractivity contribution in [3.05, 3.63) is 59.2 Å². The zero-order valence-corrected chi connectivity index (χ0v) is 16.9. The molecule has 0 aliphatic carbocycles. The minimum absolute atomic E-state index is 0.0708. The van der Waals surface area contributed by atoms with E-state index >= 15 is 0 Å². The summed E-state index contributed by atoms with van der Waals surface area (Å²) in [5.74, 6) is -2.28. The molecular weight excluding hydrogens is 388 g/mol. The highest BCUT2D eigenvalue weighted by Gasteiger charge is 2.19. The third kappa shape index (κ3) is 5.12. The molecule has 1 amide bonds. The molecule has 0 saturated heterocycles. The number of sulfonamides is 1. The summed E-state index contributed by atoms with van der Waals surface area (Å²) < 4.78 is 51.9. The number of carbonyl (C=O) groups is 1. The summed E-state index contributed by atoms with van der Waals surface area (Å²) in [6.07, 6.45) is 0. The van der Waals surface area contributed by atoms with E-state index in [1.165, 1.54) is 32.3 Å². The van der Waals surface area contributed by atoms with Crippen LogP contribution in [-0.4, -0.2) is 39.3 Å². The van der Waals surface area contributed by atoms with E-state index in [0.29, 0.717) is 16.8 Å². The Bertz CT molecular complexity index is 978. The van der Waals surface area contributed by atoms with Crippen LogP contribution in [0.5, 0.6) is 0 Å². The van der Waals surface area contributed by atoms with Crippen LogP contribution in [0.2, 0.25) is 0 Å². The van der Waals surface area contributed by atoms with Crippen molar-refractivity contribution >= 4 is 21.6 Å². The normalized spacial score (nSPS) is 12.8. The summed E-state index contributed by atoms with van der Waals surface area (Å²) in [6, 6.07) is 7.65. The number of carbonyl (C=O) groups excluding carboxylic acids is 1. The number of rotatable bonds is 7. The van der Waals surface area contributed by atoms with Gasteiger partial charge in [0.25, 0.3) is 0 Å². The summed E-state index contributed by atoms with van der Waals surface area (Å²) in [6.45, 7) is 3.37.